The first-order chi connectivity index (χ1) is 16.5. The van der Waals surface area contributed by atoms with Crippen LogP contribution in [0.2, 0.25) is 0 Å². The number of hydrogen-bond acceptors (Lipinski definition) is 6. The molecular weight excluding hydrogens is 438 g/mol. The number of nitrogens with zero attached hydrogens (tertiary/aromatic N) is 3. The summed E-state index contributed by atoms with van der Waals surface area (Å²) in [4.78, 5) is 58.8. The number of amides is 4. The summed E-state index contributed by atoms with van der Waals surface area (Å²) < 4.78 is 5.15. The third-order valence-electron chi connectivity index (χ3n) is 6.08. The van der Waals surface area contributed by atoms with E-state index >= 15 is 0 Å². The number of piperidine rings is 1. The molecule has 0 spiro atoms. The second-order valence-electron chi connectivity index (χ2n) is 8.23. The number of piperazine rings is 1. The van der Waals surface area contributed by atoms with Crippen LogP contribution in [0.4, 0.5) is 0 Å². The molecule has 0 radical (unpaired) electrons. The molecule has 2 unspecified atom stereocenters. The minimum Gasteiger partial charge on any atom is -0.497 e. The lowest BCUT2D eigenvalue weighted by atomic mass is 10.0. The molecule has 34 heavy (non-hydrogen) atoms. The van der Waals surface area contributed by atoms with Crippen LogP contribution in [0.15, 0.2) is 48.8 Å². The van der Waals surface area contributed by atoms with Gasteiger partial charge in [0.25, 0.3) is 11.8 Å². The molecule has 2 saturated heterocycles. The number of ether oxygens (including phenoxy) is 1. The predicted molar refractivity (Wildman–Crippen MR) is 122 cm³/mol. The summed E-state index contributed by atoms with van der Waals surface area (Å²) in [6.07, 6.45) is 4.28. The van der Waals surface area contributed by atoms with Crippen molar-refractivity contribution in [3.8, 4) is 5.75 Å². The normalized spacial score (nSPS) is 20.3. The molecule has 178 valence electrons. The van der Waals surface area contributed by atoms with Gasteiger partial charge in [-0.1, -0.05) is 0 Å². The maximum atomic E-state index is 13.3. The molecule has 4 rings (SSSR count). The third kappa shape index (κ3) is 5.00. The summed E-state index contributed by atoms with van der Waals surface area (Å²) >= 11 is 0. The molecular formula is C24H27N5O5. The van der Waals surface area contributed by atoms with Gasteiger partial charge >= 0.3 is 0 Å². The first kappa shape index (κ1) is 23.2. The molecule has 0 aliphatic carbocycles. The zero-order chi connectivity index (χ0) is 24.1. The Hall–Kier alpha value is -3.95. The van der Waals surface area contributed by atoms with Crippen molar-refractivity contribution in [1.82, 2.24) is 25.4 Å². The molecule has 2 atom stereocenters. The van der Waals surface area contributed by atoms with Crippen molar-refractivity contribution in [3.05, 3.63) is 59.9 Å². The lowest BCUT2D eigenvalue weighted by Crippen LogP contribution is -2.63. The fraction of sp³-hybridized carbons (Fsp3) is 0.375. The van der Waals surface area contributed by atoms with Crippen molar-refractivity contribution < 1.29 is 23.9 Å². The Morgan fingerprint density at radius 3 is 2.56 bits per heavy atom. The highest BCUT2D eigenvalue weighted by Crippen LogP contribution is 2.19. The fourth-order valence-corrected chi connectivity index (χ4v) is 4.18. The maximum absolute atomic E-state index is 13.3. The minimum atomic E-state index is -0.946. The lowest BCUT2D eigenvalue weighted by Gasteiger charge is -2.41. The van der Waals surface area contributed by atoms with E-state index in [2.05, 4.69) is 15.6 Å². The van der Waals surface area contributed by atoms with Gasteiger partial charge in [-0.2, -0.15) is 0 Å². The lowest BCUT2D eigenvalue weighted by molar-refractivity contribution is -0.133. The van der Waals surface area contributed by atoms with Crippen molar-refractivity contribution in [2.45, 2.75) is 24.9 Å². The third-order valence-corrected chi connectivity index (χ3v) is 6.08. The van der Waals surface area contributed by atoms with E-state index in [1.165, 1.54) is 11.1 Å². The molecule has 2 N–H and O–H groups in total. The van der Waals surface area contributed by atoms with Crippen molar-refractivity contribution in [1.29, 1.82) is 0 Å². The second kappa shape index (κ2) is 10.3. The van der Waals surface area contributed by atoms with Crippen LogP contribution in [0.25, 0.3) is 0 Å². The zero-order valence-corrected chi connectivity index (χ0v) is 18.9. The zero-order valence-electron chi connectivity index (χ0n) is 18.9. The van der Waals surface area contributed by atoms with Gasteiger partial charge in [0, 0.05) is 37.6 Å². The number of carbonyl (C=O) groups excluding carboxylic acids is 4. The minimum absolute atomic E-state index is 0.0109. The molecule has 4 amide bonds. The van der Waals surface area contributed by atoms with Gasteiger partial charge in [0.05, 0.1) is 19.2 Å². The number of nitrogens with one attached hydrogen (secondary N) is 2. The number of aromatic nitrogens is 1. The van der Waals surface area contributed by atoms with Gasteiger partial charge in [0.1, 0.15) is 17.8 Å². The molecule has 0 saturated carbocycles. The maximum Gasteiger partial charge on any atom is 0.256 e. The number of benzene rings is 1. The van der Waals surface area contributed by atoms with Crippen LogP contribution in [0.3, 0.4) is 0 Å². The smallest absolute Gasteiger partial charge is 0.256 e. The first-order valence-electron chi connectivity index (χ1n) is 11.2. The van der Waals surface area contributed by atoms with Crippen LogP contribution in [-0.2, 0) is 9.59 Å². The van der Waals surface area contributed by atoms with E-state index in [0.717, 1.165) is 6.42 Å². The number of pyridine rings is 1. The van der Waals surface area contributed by atoms with Crippen molar-refractivity contribution in [2.75, 3.05) is 33.3 Å². The van der Waals surface area contributed by atoms with E-state index < -0.39 is 18.0 Å². The highest BCUT2D eigenvalue weighted by Gasteiger charge is 2.39. The van der Waals surface area contributed by atoms with Crippen molar-refractivity contribution in [2.24, 2.45) is 0 Å². The Kier molecular flexibility index (Phi) is 7.05. The van der Waals surface area contributed by atoms with E-state index in [1.54, 1.807) is 54.6 Å². The fourth-order valence-electron chi connectivity index (χ4n) is 4.18. The van der Waals surface area contributed by atoms with Gasteiger partial charge in [-0.25, -0.2) is 0 Å². The molecule has 2 aliphatic heterocycles. The van der Waals surface area contributed by atoms with Crippen molar-refractivity contribution >= 4 is 23.6 Å². The molecule has 10 nitrogen and oxygen atoms in total. The van der Waals surface area contributed by atoms with Crippen LogP contribution < -0.4 is 15.4 Å². The van der Waals surface area contributed by atoms with Gasteiger partial charge in [0.15, 0.2) is 0 Å². The Balaban J connectivity index is 1.55. The quantitative estimate of drug-likeness (QED) is 0.662. The van der Waals surface area contributed by atoms with Crippen LogP contribution >= 0.6 is 0 Å². The number of rotatable bonds is 5. The summed E-state index contributed by atoms with van der Waals surface area (Å²) in [6, 6.07) is 8.39. The monoisotopic (exact) mass is 465 g/mol. The average Bonchev–Trinajstić information content (AvgIpc) is 2.89. The molecule has 2 aliphatic rings. The van der Waals surface area contributed by atoms with Crippen molar-refractivity contribution in [3.63, 3.8) is 0 Å². The number of carbonyl (C=O) groups is 4. The highest BCUT2D eigenvalue weighted by atomic mass is 16.5. The molecule has 1 aromatic heterocycles. The second-order valence-corrected chi connectivity index (χ2v) is 8.23. The molecule has 0 bridgehead atoms. The van der Waals surface area contributed by atoms with Crippen LogP contribution in [0, 0.1) is 0 Å². The Bertz CT molecular complexity index is 1060. The van der Waals surface area contributed by atoms with Gasteiger partial charge < -0.3 is 25.2 Å². The van der Waals surface area contributed by atoms with E-state index in [0.29, 0.717) is 29.8 Å². The first-order valence-corrected chi connectivity index (χ1v) is 11.2. The Morgan fingerprint density at radius 1 is 1.09 bits per heavy atom. The summed E-state index contributed by atoms with van der Waals surface area (Å²) in [5.74, 6) is -0.674. The summed E-state index contributed by atoms with van der Waals surface area (Å²) in [7, 11) is 1.55. The van der Waals surface area contributed by atoms with Gasteiger partial charge in [0.2, 0.25) is 11.8 Å². The average molecular weight is 466 g/mol. The highest BCUT2D eigenvalue weighted by molar-refractivity contribution is 6.00. The topological polar surface area (TPSA) is 121 Å². The predicted octanol–water partition coefficient (Wildman–Crippen LogP) is 0.452. The standard InChI is InChI=1S/C24H27N5O5/c1-34-18-8-6-16(7-9-18)23(32)28-12-13-29(24(33)17-4-2-10-25-14-17)20(15-28)22(31)27-19-5-3-11-26-21(19)30/h2,4,6-10,14,19-20H,3,5,11-13,15H2,1H3,(H,26,30)(H,27,31). The molecule has 2 aromatic rings. The Morgan fingerprint density at radius 2 is 1.88 bits per heavy atom. The summed E-state index contributed by atoms with van der Waals surface area (Å²) in [6.45, 7) is 1.02. The molecule has 2 fully saturated rings. The van der Waals surface area contributed by atoms with E-state index in [4.69, 9.17) is 4.74 Å². The number of hydrogen-bond donors (Lipinski definition) is 2. The van der Waals surface area contributed by atoms with E-state index in [9.17, 15) is 19.2 Å². The van der Waals surface area contributed by atoms with Gasteiger partial charge in [-0.05, 0) is 49.2 Å². The van der Waals surface area contributed by atoms with Crippen LogP contribution in [0.5, 0.6) is 5.75 Å². The Labute approximate surface area is 197 Å². The van der Waals surface area contributed by atoms with Crippen LogP contribution in [-0.4, -0.2) is 83.8 Å². The SMILES string of the molecule is COc1ccc(C(=O)N2CCN(C(=O)c3cccnc3)C(C(=O)NC3CCCNC3=O)C2)cc1. The molecule has 10 heteroatoms. The van der Waals surface area contributed by atoms with E-state index in [1.807, 2.05) is 0 Å². The molecule has 1 aromatic carbocycles. The number of methoxy groups -OCH3 is 1. The van der Waals surface area contributed by atoms with Gasteiger partial charge in [-0.3, -0.25) is 24.2 Å². The van der Waals surface area contributed by atoms with Crippen LogP contribution in [0.1, 0.15) is 33.6 Å². The van der Waals surface area contributed by atoms with E-state index in [-0.39, 0.29) is 37.4 Å². The largest absolute Gasteiger partial charge is 0.497 e. The molecule has 3 heterocycles. The summed E-state index contributed by atoms with van der Waals surface area (Å²) in [5, 5.41) is 5.51. The van der Waals surface area contributed by atoms with Gasteiger partial charge in [-0.15, -0.1) is 0 Å². The summed E-state index contributed by atoms with van der Waals surface area (Å²) in [5.41, 5.74) is 0.810.